The Balaban J connectivity index is 2.05. The van der Waals surface area contributed by atoms with E-state index >= 15 is 0 Å². The van der Waals surface area contributed by atoms with Gasteiger partial charge in [0.2, 0.25) is 5.09 Å². The van der Waals surface area contributed by atoms with Crippen molar-refractivity contribution in [2.75, 3.05) is 19.6 Å². The van der Waals surface area contributed by atoms with Gasteiger partial charge in [-0.25, -0.2) is 8.42 Å². The first kappa shape index (κ1) is 15.8. The molecule has 1 aromatic carbocycles. The first-order valence-electron chi connectivity index (χ1n) is 7.16. The molecule has 0 amide bonds. The first-order chi connectivity index (χ1) is 10.3. The monoisotopic (exact) mass is 342 g/mol. The number of rotatable bonds is 3. The van der Waals surface area contributed by atoms with Crippen molar-refractivity contribution < 1.29 is 12.8 Å². The van der Waals surface area contributed by atoms with Gasteiger partial charge in [0.25, 0.3) is 10.0 Å². The van der Waals surface area contributed by atoms with E-state index in [0.717, 1.165) is 11.8 Å². The van der Waals surface area contributed by atoms with Crippen LogP contribution in [0.2, 0.25) is 5.02 Å². The molecule has 1 aliphatic rings. The number of sulfonamides is 1. The number of nitrogens with two attached hydrogens (primary N) is 1. The molecule has 2 aromatic rings. The summed E-state index contributed by atoms with van der Waals surface area (Å²) < 4.78 is 32.8. The predicted molar refractivity (Wildman–Crippen MR) is 86.5 cm³/mol. The highest BCUT2D eigenvalue weighted by atomic mass is 35.5. The van der Waals surface area contributed by atoms with Crippen LogP contribution < -0.4 is 5.73 Å². The van der Waals surface area contributed by atoms with E-state index in [0.29, 0.717) is 35.8 Å². The molecule has 0 spiro atoms. The van der Waals surface area contributed by atoms with Crippen LogP contribution in [0.1, 0.15) is 18.9 Å². The van der Waals surface area contributed by atoms with Gasteiger partial charge in [-0.2, -0.15) is 4.31 Å². The highest BCUT2D eigenvalue weighted by molar-refractivity contribution is 7.89. The average molecular weight is 343 g/mol. The lowest BCUT2D eigenvalue weighted by Gasteiger charge is -2.21. The number of nitrogens with zero attached hydrogens (tertiary/aromatic N) is 1. The second kappa shape index (κ2) is 5.23. The van der Waals surface area contributed by atoms with Gasteiger partial charge in [0.05, 0.1) is 0 Å². The molecule has 5 nitrogen and oxygen atoms in total. The molecular weight excluding hydrogens is 324 g/mol. The van der Waals surface area contributed by atoms with Crippen LogP contribution in [0.15, 0.2) is 27.7 Å². The third-order valence-corrected chi connectivity index (χ3v) is 6.53. The molecule has 0 bridgehead atoms. The molecule has 22 heavy (non-hydrogen) atoms. The summed E-state index contributed by atoms with van der Waals surface area (Å²) >= 11 is 5.98. The molecule has 1 unspecified atom stereocenters. The molecule has 1 saturated heterocycles. The Bertz CT molecular complexity index is 831. The van der Waals surface area contributed by atoms with Gasteiger partial charge in [-0.15, -0.1) is 0 Å². The maximum atomic E-state index is 12.9. The van der Waals surface area contributed by atoms with Crippen molar-refractivity contribution in [3.8, 4) is 0 Å². The summed E-state index contributed by atoms with van der Waals surface area (Å²) in [4.78, 5) is 0. The summed E-state index contributed by atoms with van der Waals surface area (Å²) in [6.07, 6.45) is 0.758. The molecule has 120 valence electrons. The Morgan fingerprint density at radius 3 is 2.82 bits per heavy atom. The SMILES string of the molecule is Cc1c(S(=O)(=O)N2CCC(C)(CN)C2)oc2ccc(Cl)cc12. The van der Waals surface area contributed by atoms with Crippen LogP contribution >= 0.6 is 11.6 Å². The fraction of sp³-hybridized carbons (Fsp3) is 0.467. The van der Waals surface area contributed by atoms with Gasteiger partial charge in [0.15, 0.2) is 0 Å². The average Bonchev–Trinajstić information content (AvgIpc) is 3.02. The molecule has 2 heterocycles. The summed E-state index contributed by atoms with van der Waals surface area (Å²) in [5.41, 5.74) is 6.72. The van der Waals surface area contributed by atoms with Gasteiger partial charge in [0, 0.05) is 29.1 Å². The smallest absolute Gasteiger partial charge is 0.276 e. The van der Waals surface area contributed by atoms with Crippen LogP contribution in [0, 0.1) is 12.3 Å². The minimum absolute atomic E-state index is 0.00559. The van der Waals surface area contributed by atoms with Crippen molar-refractivity contribution in [2.45, 2.75) is 25.4 Å². The van der Waals surface area contributed by atoms with E-state index in [2.05, 4.69) is 0 Å². The Hall–Kier alpha value is -1.08. The van der Waals surface area contributed by atoms with Crippen LogP contribution in [0.5, 0.6) is 0 Å². The van der Waals surface area contributed by atoms with Crippen molar-refractivity contribution in [1.29, 1.82) is 0 Å². The summed E-state index contributed by atoms with van der Waals surface area (Å²) in [5, 5.41) is 1.29. The van der Waals surface area contributed by atoms with Gasteiger partial charge >= 0.3 is 0 Å². The molecule has 1 fully saturated rings. The van der Waals surface area contributed by atoms with Crippen molar-refractivity contribution in [2.24, 2.45) is 11.1 Å². The normalized spacial score (nSPS) is 23.5. The number of hydrogen-bond donors (Lipinski definition) is 1. The Morgan fingerprint density at radius 1 is 1.45 bits per heavy atom. The quantitative estimate of drug-likeness (QED) is 0.930. The van der Waals surface area contributed by atoms with Crippen LogP contribution in [0.3, 0.4) is 0 Å². The minimum atomic E-state index is -3.66. The molecule has 0 saturated carbocycles. The van der Waals surface area contributed by atoms with Crippen molar-refractivity contribution in [3.05, 3.63) is 28.8 Å². The lowest BCUT2D eigenvalue weighted by Crippen LogP contribution is -2.34. The van der Waals surface area contributed by atoms with Gasteiger partial charge in [-0.1, -0.05) is 18.5 Å². The van der Waals surface area contributed by atoms with Crippen molar-refractivity contribution >= 4 is 32.6 Å². The van der Waals surface area contributed by atoms with Crippen LogP contribution in [-0.4, -0.2) is 32.4 Å². The number of aryl methyl sites for hydroxylation is 1. The van der Waals surface area contributed by atoms with E-state index in [-0.39, 0.29) is 10.5 Å². The van der Waals surface area contributed by atoms with Crippen molar-refractivity contribution in [1.82, 2.24) is 4.31 Å². The third-order valence-electron chi connectivity index (χ3n) is 4.44. The van der Waals surface area contributed by atoms with E-state index in [1.54, 1.807) is 25.1 Å². The van der Waals surface area contributed by atoms with Gasteiger partial charge in [-0.3, -0.25) is 0 Å². The summed E-state index contributed by atoms with van der Waals surface area (Å²) in [6.45, 7) is 5.10. The van der Waals surface area contributed by atoms with Gasteiger partial charge in [0.1, 0.15) is 5.58 Å². The number of hydrogen-bond acceptors (Lipinski definition) is 4. The summed E-state index contributed by atoms with van der Waals surface area (Å²) in [5.74, 6) is 0. The fourth-order valence-corrected chi connectivity index (χ4v) is 4.80. The second-order valence-corrected chi connectivity index (χ2v) is 8.53. The third kappa shape index (κ3) is 2.44. The Morgan fingerprint density at radius 2 is 2.18 bits per heavy atom. The highest BCUT2D eigenvalue weighted by Gasteiger charge is 2.41. The van der Waals surface area contributed by atoms with Crippen LogP contribution in [0.25, 0.3) is 11.0 Å². The molecule has 3 rings (SSSR count). The Kier molecular flexibility index (Phi) is 3.76. The molecule has 0 radical (unpaired) electrons. The zero-order valence-electron chi connectivity index (χ0n) is 12.6. The minimum Gasteiger partial charge on any atom is -0.443 e. The molecule has 2 N–H and O–H groups in total. The van der Waals surface area contributed by atoms with Crippen LogP contribution in [0.4, 0.5) is 0 Å². The van der Waals surface area contributed by atoms with E-state index in [1.807, 2.05) is 6.92 Å². The largest absolute Gasteiger partial charge is 0.443 e. The maximum absolute atomic E-state index is 12.9. The van der Waals surface area contributed by atoms with E-state index in [4.69, 9.17) is 21.8 Å². The molecule has 7 heteroatoms. The molecular formula is C15H19ClN2O3S. The second-order valence-electron chi connectivity index (χ2n) is 6.26. The summed E-state index contributed by atoms with van der Waals surface area (Å²) in [7, 11) is -3.66. The highest BCUT2D eigenvalue weighted by Crippen LogP contribution is 2.36. The number of furan rings is 1. The lowest BCUT2D eigenvalue weighted by molar-refractivity contribution is 0.344. The topological polar surface area (TPSA) is 76.5 Å². The van der Waals surface area contributed by atoms with E-state index in [1.165, 1.54) is 4.31 Å². The number of halogens is 1. The van der Waals surface area contributed by atoms with Crippen molar-refractivity contribution in [3.63, 3.8) is 0 Å². The number of fused-ring (bicyclic) bond motifs is 1. The zero-order valence-corrected chi connectivity index (χ0v) is 14.2. The molecule has 1 atom stereocenters. The fourth-order valence-electron chi connectivity index (χ4n) is 2.88. The standard InChI is InChI=1S/C15H19ClN2O3S/c1-10-12-7-11(16)3-4-13(12)21-14(10)22(19,20)18-6-5-15(2,8-17)9-18/h3-4,7H,5-6,8-9,17H2,1-2H3. The summed E-state index contributed by atoms with van der Waals surface area (Å²) in [6, 6.07) is 5.10. The van der Waals surface area contributed by atoms with E-state index < -0.39 is 10.0 Å². The number of benzene rings is 1. The van der Waals surface area contributed by atoms with E-state index in [9.17, 15) is 8.42 Å². The molecule has 0 aliphatic carbocycles. The van der Waals surface area contributed by atoms with Gasteiger partial charge < -0.3 is 10.2 Å². The predicted octanol–water partition coefficient (Wildman–Crippen LogP) is 2.75. The molecule has 1 aliphatic heterocycles. The lowest BCUT2D eigenvalue weighted by atomic mass is 9.90. The Labute approximate surface area is 135 Å². The maximum Gasteiger partial charge on any atom is 0.276 e. The molecule has 1 aromatic heterocycles. The zero-order chi connectivity index (χ0) is 16.1. The van der Waals surface area contributed by atoms with Crippen LogP contribution in [-0.2, 0) is 10.0 Å². The van der Waals surface area contributed by atoms with Gasteiger partial charge in [-0.05, 0) is 43.5 Å². The first-order valence-corrected chi connectivity index (χ1v) is 8.97.